The zero-order valence-corrected chi connectivity index (χ0v) is 13.6. The number of sulfonamides is 1. The van der Waals surface area contributed by atoms with E-state index < -0.39 is 10.0 Å². The maximum Gasteiger partial charge on any atom is 0.262 e. The van der Waals surface area contributed by atoms with Gasteiger partial charge in [-0.25, -0.2) is 8.42 Å². The molecule has 22 heavy (non-hydrogen) atoms. The van der Waals surface area contributed by atoms with Crippen LogP contribution in [0.25, 0.3) is 0 Å². The summed E-state index contributed by atoms with van der Waals surface area (Å²) >= 11 is 11.8. The van der Waals surface area contributed by atoms with Crippen LogP contribution in [0.5, 0.6) is 5.75 Å². The number of halogens is 2. The average molecular weight is 357 g/mol. The first-order chi connectivity index (χ1) is 10.4. The molecule has 0 saturated carbocycles. The lowest BCUT2D eigenvalue weighted by molar-refractivity contribution is 0.417. The number of anilines is 1. The molecule has 0 aliphatic carbocycles. The van der Waals surface area contributed by atoms with Crippen LogP contribution in [-0.2, 0) is 10.0 Å². The van der Waals surface area contributed by atoms with E-state index >= 15 is 0 Å². The molecule has 0 spiro atoms. The van der Waals surface area contributed by atoms with Crippen LogP contribution < -0.4 is 9.46 Å². The van der Waals surface area contributed by atoms with Gasteiger partial charge in [-0.15, -0.1) is 0 Å². The average Bonchev–Trinajstić information content (AvgIpc) is 2.47. The van der Waals surface area contributed by atoms with E-state index in [1.807, 2.05) is 6.07 Å². The molecular formula is C14H10Cl2N2O3S. The van der Waals surface area contributed by atoms with Gasteiger partial charge in [0, 0.05) is 0 Å². The van der Waals surface area contributed by atoms with Gasteiger partial charge in [-0.3, -0.25) is 4.72 Å². The molecule has 0 heterocycles. The fourth-order valence-electron chi connectivity index (χ4n) is 1.75. The van der Waals surface area contributed by atoms with E-state index in [0.29, 0.717) is 0 Å². The maximum absolute atomic E-state index is 12.4. The molecule has 0 unspecified atom stereocenters. The Morgan fingerprint density at radius 1 is 1.18 bits per heavy atom. The summed E-state index contributed by atoms with van der Waals surface area (Å²) in [6.07, 6.45) is 0. The first kappa shape index (κ1) is 16.4. The predicted octanol–water partition coefficient (Wildman–Crippen LogP) is 3.67. The summed E-state index contributed by atoms with van der Waals surface area (Å²) in [5, 5.41) is 9.15. The van der Waals surface area contributed by atoms with E-state index in [9.17, 15) is 8.42 Å². The normalized spacial score (nSPS) is 10.8. The molecule has 2 aromatic carbocycles. The van der Waals surface area contributed by atoms with E-state index in [1.54, 1.807) is 12.1 Å². The maximum atomic E-state index is 12.4. The molecule has 0 aromatic heterocycles. The predicted molar refractivity (Wildman–Crippen MR) is 85.0 cm³/mol. The summed E-state index contributed by atoms with van der Waals surface area (Å²) in [5.41, 5.74) is 0.399. The highest BCUT2D eigenvalue weighted by molar-refractivity contribution is 7.92. The van der Waals surface area contributed by atoms with Crippen LogP contribution in [-0.4, -0.2) is 15.5 Å². The lowest BCUT2D eigenvalue weighted by Gasteiger charge is -2.13. The van der Waals surface area contributed by atoms with Crippen molar-refractivity contribution in [3.63, 3.8) is 0 Å². The topological polar surface area (TPSA) is 79.2 Å². The van der Waals surface area contributed by atoms with Gasteiger partial charge in [-0.2, -0.15) is 5.26 Å². The summed E-state index contributed by atoms with van der Waals surface area (Å²) in [6, 6.07) is 10.4. The van der Waals surface area contributed by atoms with E-state index in [4.69, 9.17) is 33.2 Å². The number of nitrogens with one attached hydrogen (secondary N) is 1. The summed E-state index contributed by atoms with van der Waals surface area (Å²) < 4.78 is 32.2. The van der Waals surface area contributed by atoms with Crippen molar-refractivity contribution in [3.8, 4) is 11.8 Å². The van der Waals surface area contributed by atoms with Crippen LogP contribution in [0.15, 0.2) is 41.3 Å². The molecule has 0 saturated heterocycles. The summed E-state index contributed by atoms with van der Waals surface area (Å²) in [7, 11) is -2.51. The minimum atomic E-state index is -3.89. The van der Waals surface area contributed by atoms with Crippen molar-refractivity contribution in [2.75, 3.05) is 11.8 Å². The largest absolute Gasteiger partial charge is 0.493 e. The Hall–Kier alpha value is -1.94. The Balaban J connectivity index is 2.43. The fourth-order valence-corrected chi connectivity index (χ4v) is 3.38. The SMILES string of the molecule is COc1c(Cl)cccc1NS(=O)(=O)c1ccc(C#N)c(Cl)c1. The summed E-state index contributed by atoms with van der Waals surface area (Å²) in [5.74, 6) is 0.215. The van der Waals surface area contributed by atoms with Crippen molar-refractivity contribution in [3.05, 3.63) is 52.0 Å². The number of para-hydroxylation sites is 1. The van der Waals surface area contributed by atoms with Crippen molar-refractivity contribution >= 4 is 38.9 Å². The monoisotopic (exact) mass is 356 g/mol. The highest BCUT2D eigenvalue weighted by Crippen LogP contribution is 2.34. The molecule has 0 bridgehead atoms. The number of hydrogen-bond donors (Lipinski definition) is 1. The minimum absolute atomic E-state index is 0.0587. The molecule has 1 N–H and O–H groups in total. The third-order valence-electron chi connectivity index (χ3n) is 2.79. The zero-order valence-electron chi connectivity index (χ0n) is 11.3. The number of nitriles is 1. The molecule has 0 fully saturated rings. The van der Waals surface area contributed by atoms with Crippen LogP contribution in [0.3, 0.4) is 0 Å². The van der Waals surface area contributed by atoms with Crippen LogP contribution in [0.1, 0.15) is 5.56 Å². The molecule has 0 aliphatic heterocycles. The minimum Gasteiger partial charge on any atom is -0.493 e. The van der Waals surface area contributed by atoms with Crippen molar-refractivity contribution < 1.29 is 13.2 Å². The third kappa shape index (κ3) is 3.28. The summed E-state index contributed by atoms with van der Waals surface area (Å²) in [6.45, 7) is 0. The molecule has 5 nitrogen and oxygen atoms in total. The molecular weight excluding hydrogens is 347 g/mol. The van der Waals surface area contributed by atoms with Crippen molar-refractivity contribution in [2.45, 2.75) is 4.90 Å². The van der Waals surface area contributed by atoms with E-state index in [1.165, 1.54) is 31.4 Å². The number of methoxy groups -OCH3 is 1. The first-order valence-electron chi connectivity index (χ1n) is 5.94. The molecule has 2 aromatic rings. The van der Waals surface area contributed by atoms with Gasteiger partial charge in [0.1, 0.15) is 6.07 Å². The third-order valence-corrected chi connectivity index (χ3v) is 4.76. The number of benzene rings is 2. The quantitative estimate of drug-likeness (QED) is 0.905. The van der Waals surface area contributed by atoms with E-state index in [0.717, 1.165) is 0 Å². The van der Waals surface area contributed by atoms with Crippen molar-refractivity contribution in [2.24, 2.45) is 0 Å². The van der Waals surface area contributed by atoms with Gasteiger partial charge in [0.25, 0.3) is 10.0 Å². The summed E-state index contributed by atoms with van der Waals surface area (Å²) in [4.78, 5) is -0.0708. The molecule has 114 valence electrons. The molecule has 0 aliphatic rings. The molecule has 0 radical (unpaired) electrons. The van der Waals surface area contributed by atoms with Crippen LogP contribution in [0.4, 0.5) is 5.69 Å². The van der Waals surface area contributed by atoms with Crippen molar-refractivity contribution in [1.82, 2.24) is 0 Å². The van der Waals surface area contributed by atoms with Crippen LogP contribution in [0, 0.1) is 11.3 Å². The van der Waals surface area contributed by atoms with Crippen molar-refractivity contribution in [1.29, 1.82) is 5.26 Å². The second-order valence-electron chi connectivity index (χ2n) is 4.18. The van der Waals surface area contributed by atoms with Gasteiger partial charge in [-0.1, -0.05) is 29.3 Å². The highest BCUT2D eigenvalue weighted by Gasteiger charge is 2.19. The van der Waals surface area contributed by atoms with Crippen LogP contribution >= 0.6 is 23.2 Å². The smallest absolute Gasteiger partial charge is 0.262 e. The standard InChI is InChI=1S/C14H10Cl2N2O3S/c1-21-14-11(15)3-2-4-13(14)18-22(19,20)10-6-5-9(8-17)12(16)7-10/h2-7,18H,1H3. The van der Waals surface area contributed by atoms with E-state index in [2.05, 4.69) is 4.72 Å². The number of hydrogen-bond acceptors (Lipinski definition) is 4. The highest BCUT2D eigenvalue weighted by atomic mass is 35.5. The van der Waals surface area contributed by atoms with Gasteiger partial charge in [0.2, 0.25) is 0 Å². The lowest BCUT2D eigenvalue weighted by atomic mass is 10.2. The molecule has 8 heteroatoms. The van der Waals surface area contributed by atoms with Gasteiger partial charge in [0.15, 0.2) is 5.75 Å². The Kier molecular flexibility index (Phi) is 4.81. The van der Waals surface area contributed by atoms with Crippen LogP contribution in [0.2, 0.25) is 10.0 Å². The molecule has 0 atom stereocenters. The Morgan fingerprint density at radius 2 is 1.91 bits per heavy atom. The number of rotatable bonds is 4. The van der Waals surface area contributed by atoms with Gasteiger partial charge in [0.05, 0.1) is 33.3 Å². The zero-order chi connectivity index (χ0) is 16.3. The van der Waals surface area contributed by atoms with E-state index in [-0.39, 0.29) is 31.9 Å². The second kappa shape index (κ2) is 6.44. The Morgan fingerprint density at radius 3 is 2.50 bits per heavy atom. The lowest BCUT2D eigenvalue weighted by Crippen LogP contribution is -2.13. The Bertz CT molecular complexity index is 861. The first-order valence-corrected chi connectivity index (χ1v) is 8.18. The second-order valence-corrected chi connectivity index (χ2v) is 6.68. The van der Waals surface area contributed by atoms with Gasteiger partial charge >= 0.3 is 0 Å². The Labute approximate surface area is 138 Å². The number of nitrogens with zero attached hydrogens (tertiary/aromatic N) is 1. The fraction of sp³-hybridized carbons (Fsp3) is 0.0714. The number of ether oxygens (including phenoxy) is 1. The van der Waals surface area contributed by atoms with Gasteiger partial charge < -0.3 is 4.74 Å². The van der Waals surface area contributed by atoms with Gasteiger partial charge in [-0.05, 0) is 30.3 Å². The molecule has 2 rings (SSSR count). The molecule has 0 amide bonds.